The molecule has 2 rings (SSSR count). The van der Waals surface area contributed by atoms with Gasteiger partial charge in [-0.2, -0.15) is 0 Å². The first-order valence-electron chi connectivity index (χ1n) is 6.11. The number of hydrogen-bond acceptors (Lipinski definition) is 3. The van der Waals surface area contributed by atoms with Gasteiger partial charge in [0, 0.05) is 19.0 Å². The van der Waals surface area contributed by atoms with Crippen LogP contribution < -0.4 is 5.32 Å². The van der Waals surface area contributed by atoms with Crippen molar-refractivity contribution in [2.45, 2.75) is 50.6 Å². The maximum atomic E-state index is 11.8. The summed E-state index contributed by atoms with van der Waals surface area (Å²) in [5, 5.41) is 3.34. The molecule has 2 aliphatic rings. The summed E-state index contributed by atoms with van der Waals surface area (Å²) in [4.78, 5) is 24.9. The fraction of sp³-hybridized carbons (Fsp3) is 0.833. The van der Waals surface area contributed by atoms with E-state index < -0.39 is 0 Å². The van der Waals surface area contributed by atoms with Crippen LogP contribution in [0.1, 0.15) is 39.0 Å². The second kappa shape index (κ2) is 4.17. The molecule has 1 aliphatic heterocycles. The van der Waals surface area contributed by atoms with Crippen LogP contribution >= 0.6 is 0 Å². The van der Waals surface area contributed by atoms with Gasteiger partial charge in [-0.3, -0.25) is 9.59 Å². The molecule has 1 heterocycles. The molecule has 90 valence electrons. The molecule has 0 radical (unpaired) electrons. The molecule has 0 bridgehead atoms. The van der Waals surface area contributed by atoms with Crippen molar-refractivity contribution in [2.24, 2.45) is 0 Å². The summed E-state index contributed by atoms with van der Waals surface area (Å²) >= 11 is 0. The quantitative estimate of drug-likeness (QED) is 0.718. The van der Waals surface area contributed by atoms with Crippen LogP contribution in [0.5, 0.6) is 0 Å². The van der Waals surface area contributed by atoms with Gasteiger partial charge in [-0.05, 0) is 39.2 Å². The molecule has 1 amide bonds. The van der Waals surface area contributed by atoms with Crippen LogP contribution in [0.2, 0.25) is 0 Å². The van der Waals surface area contributed by atoms with Crippen LogP contribution in [0.15, 0.2) is 0 Å². The Labute approximate surface area is 96.4 Å². The summed E-state index contributed by atoms with van der Waals surface area (Å²) in [6, 6.07) is 0.225. The Hall–Kier alpha value is -0.900. The van der Waals surface area contributed by atoms with E-state index in [-0.39, 0.29) is 23.3 Å². The van der Waals surface area contributed by atoms with Crippen LogP contribution in [0.25, 0.3) is 0 Å². The smallest absolute Gasteiger partial charge is 0.289 e. The highest BCUT2D eigenvalue weighted by molar-refractivity contribution is 6.35. The highest BCUT2D eigenvalue weighted by atomic mass is 16.2. The van der Waals surface area contributed by atoms with Gasteiger partial charge in [0.1, 0.15) is 0 Å². The molecule has 1 saturated heterocycles. The fourth-order valence-corrected chi connectivity index (χ4v) is 2.84. The van der Waals surface area contributed by atoms with Crippen molar-refractivity contribution in [3.05, 3.63) is 0 Å². The lowest BCUT2D eigenvalue weighted by atomic mass is 9.93. The number of rotatable bonds is 3. The van der Waals surface area contributed by atoms with Crippen LogP contribution in [0.4, 0.5) is 0 Å². The third-order valence-electron chi connectivity index (χ3n) is 3.99. The van der Waals surface area contributed by atoms with Crippen LogP contribution in [0, 0.1) is 0 Å². The highest BCUT2D eigenvalue weighted by Gasteiger charge is 2.52. The Morgan fingerprint density at radius 1 is 1.31 bits per heavy atom. The molecular weight excluding hydrogens is 204 g/mol. The normalized spacial score (nSPS) is 27.6. The van der Waals surface area contributed by atoms with Gasteiger partial charge < -0.3 is 10.2 Å². The van der Waals surface area contributed by atoms with Gasteiger partial charge in [0.15, 0.2) is 0 Å². The lowest BCUT2D eigenvalue weighted by molar-refractivity contribution is -0.146. The second-order valence-corrected chi connectivity index (χ2v) is 4.97. The number of ketones is 1. The van der Waals surface area contributed by atoms with E-state index in [0.717, 1.165) is 38.6 Å². The monoisotopic (exact) mass is 224 g/mol. The Bertz CT molecular complexity index is 310. The number of likely N-dealkylation sites (tertiary alicyclic amines) is 1. The summed E-state index contributed by atoms with van der Waals surface area (Å²) in [5.41, 5.74) is 0.103. The molecule has 1 N–H and O–H groups in total. The zero-order valence-corrected chi connectivity index (χ0v) is 10.1. The number of piperidine rings is 1. The van der Waals surface area contributed by atoms with Crippen molar-refractivity contribution in [3.63, 3.8) is 0 Å². The molecule has 2 fully saturated rings. The Morgan fingerprint density at radius 2 is 2.00 bits per heavy atom. The molecule has 1 unspecified atom stereocenters. The number of nitrogens with one attached hydrogen (secondary N) is 1. The predicted octanol–water partition coefficient (Wildman–Crippen LogP) is 0.708. The first-order chi connectivity index (χ1) is 7.60. The Morgan fingerprint density at radius 3 is 2.50 bits per heavy atom. The number of amides is 1. The van der Waals surface area contributed by atoms with Crippen molar-refractivity contribution >= 4 is 11.7 Å². The minimum Gasteiger partial charge on any atom is -0.331 e. The molecule has 4 heteroatoms. The van der Waals surface area contributed by atoms with E-state index in [1.54, 1.807) is 4.90 Å². The zero-order chi connectivity index (χ0) is 11.8. The van der Waals surface area contributed by atoms with Gasteiger partial charge in [-0.1, -0.05) is 0 Å². The first-order valence-corrected chi connectivity index (χ1v) is 6.11. The summed E-state index contributed by atoms with van der Waals surface area (Å²) in [6.45, 7) is 2.11. The molecule has 4 nitrogen and oxygen atoms in total. The summed E-state index contributed by atoms with van der Waals surface area (Å²) in [5.74, 6) is -0.634. The molecule has 1 aliphatic carbocycles. The third kappa shape index (κ3) is 1.86. The number of likely N-dealkylation sites (N-methyl/N-ethyl adjacent to an activating group) is 1. The maximum Gasteiger partial charge on any atom is 0.289 e. The Kier molecular flexibility index (Phi) is 3.02. The van der Waals surface area contributed by atoms with Crippen molar-refractivity contribution < 1.29 is 9.59 Å². The van der Waals surface area contributed by atoms with Gasteiger partial charge in [0.2, 0.25) is 5.78 Å². The van der Waals surface area contributed by atoms with Gasteiger partial charge in [0.05, 0.1) is 6.04 Å². The minimum atomic E-state index is -0.334. The first kappa shape index (κ1) is 11.6. The number of carbonyl (C=O) groups excluding carboxylic acids is 2. The van der Waals surface area contributed by atoms with E-state index >= 15 is 0 Å². The number of carbonyl (C=O) groups is 2. The number of hydrogen-bond donors (Lipinski definition) is 1. The molecule has 0 aromatic carbocycles. The van der Waals surface area contributed by atoms with E-state index in [0.29, 0.717) is 0 Å². The molecular formula is C12H20N2O2. The van der Waals surface area contributed by atoms with E-state index in [1.807, 2.05) is 7.05 Å². The van der Waals surface area contributed by atoms with E-state index in [9.17, 15) is 9.59 Å². The zero-order valence-electron chi connectivity index (χ0n) is 10.1. The molecule has 1 atom stereocenters. The lowest BCUT2D eigenvalue weighted by Gasteiger charge is -2.40. The van der Waals surface area contributed by atoms with Gasteiger partial charge in [-0.15, -0.1) is 0 Å². The van der Waals surface area contributed by atoms with E-state index in [2.05, 4.69) is 5.32 Å². The molecule has 0 aromatic rings. The van der Waals surface area contributed by atoms with E-state index in [4.69, 9.17) is 0 Å². The minimum absolute atomic E-state index is 0.103. The van der Waals surface area contributed by atoms with Gasteiger partial charge >= 0.3 is 0 Å². The van der Waals surface area contributed by atoms with Crippen molar-refractivity contribution in [1.82, 2.24) is 10.2 Å². The third-order valence-corrected chi connectivity index (χ3v) is 3.99. The van der Waals surface area contributed by atoms with Crippen LogP contribution in [-0.4, -0.2) is 41.8 Å². The molecule has 0 aromatic heterocycles. The molecule has 1 saturated carbocycles. The standard InChI is InChI=1S/C12H20N2O2/c1-9(15)11(16)14-8-4-3-5-10(14)12(13-2)6-7-12/h10,13H,3-8H2,1-2H3. The Balaban J connectivity index is 2.14. The highest BCUT2D eigenvalue weighted by Crippen LogP contribution is 2.43. The maximum absolute atomic E-state index is 11.8. The number of nitrogens with zero attached hydrogens (tertiary/aromatic N) is 1. The van der Waals surface area contributed by atoms with E-state index in [1.165, 1.54) is 6.92 Å². The molecule has 16 heavy (non-hydrogen) atoms. The van der Waals surface area contributed by atoms with Crippen LogP contribution in [0.3, 0.4) is 0 Å². The largest absolute Gasteiger partial charge is 0.331 e. The molecule has 0 spiro atoms. The average Bonchev–Trinajstić information content (AvgIpc) is 3.09. The predicted molar refractivity (Wildman–Crippen MR) is 61.1 cm³/mol. The van der Waals surface area contributed by atoms with Crippen molar-refractivity contribution in [3.8, 4) is 0 Å². The summed E-state index contributed by atoms with van der Waals surface area (Å²) in [7, 11) is 1.96. The van der Waals surface area contributed by atoms with Crippen LogP contribution in [-0.2, 0) is 9.59 Å². The summed E-state index contributed by atoms with van der Waals surface area (Å²) in [6.07, 6.45) is 5.46. The van der Waals surface area contributed by atoms with Gasteiger partial charge in [-0.25, -0.2) is 0 Å². The number of Topliss-reactive ketones (excluding diaryl/α,β-unsaturated/α-hetero) is 1. The lowest BCUT2D eigenvalue weighted by Crippen LogP contribution is -2.56. The van der Waals surface area contributed by atoms with Crippen molar-refractivity contribution in [1.29, 1.82) is 0 Å². The van der Waals surface area contributed by atoms with Gasteiger partial charge in [0.25, 0.3) is 5.91 Å². The fourth-order valence-electron chi connectivity index (χ4n) is 2.84. The topological polar surface area (TPSA) is 49.4 Å². The average molecular weight is 224 g/mol. The summed E-state index contributed by atoms with van der Waals surface area (Å²) < 4.78 is 0. The second-order valence-electron chi connectivity index (χ2n) is 4.97. The SMILES string of the molecule is CNC1(C2CCCCN2C(=O)C(C)=O)CC1. The van der Waals surface area contributed by atoms with Crippen molar-refractivity contribution in [2.75, 3.05) is 13.6 Å².